The Morgan fingerprint density at radius 3 is 2.57 bits per heavy atom. The summed E-state index contributed by atoms with van der Waals surface area (Å²) in [6, 6.07) is 6.24. The molecule has 2 aromatic rings. The van der Waals surface area contributed by atoms with Crippen LogP contribution in [0.1, 0.15) is 0 Å². The Morgan fingerprint density at radius 1 is 1.21 bits per heavy atom. The maximum Gasteiger partial charge on any atom is 0.128 e. The SMILES string of the molecule is Cn1ccc(-c2ccc(O)cc2O)n1. The van der Waals surface area contributed by atoms with Crippen molar-refractivity contribution in [3.63, 3.8) is 0 Å². The normalized spacial score (nSPS) is 10.4. The zero-order valence-electron chi connectivity index (χ0n) is 7.68. The minimum Gasteiger partial charge on any atom is -0.508 e. The molecule has 0 spiro atoms. The fraction of sp³-hybridized carbons (Fsp3) is 0.100. The van der Waals surface area contributed by atoms with Crippen molar-refractivity contribution in [2.75, 3.05) is 0 Å². The zero-order valence-corrected chi connectivity index (χ0v) is 7.68. The van der Waals surface area contributed by atoms with E-state index in [1.54, 1.807) is 30.1 Å². The van der Waals surface area contributed by atoms with E-state index in [1.165, 1.54) is 12.1 Å². The number of nitrogens with zero attached hydrogens (tertiary/aromatic N) is 2. The quantitative estimate of drug-likeness (QED) is 0.716. The second-order valence-corrected chi connectivity index (χ2v) is 3.08. The molecule has 0 aliphatic carbocycles. The second-order valence-electron chi connectivity index (χ2n) is 3.08. The summed E-state index contributed by atoms with van der Waals surface area (Å²) in [6.45, 7) is 0. The summed E-state index contributed by atoms with van der Waals surface area (Å²) in [7, 11) is 1.81. The molecule has 14 heavy (non-hydrogen) atoms. The van der Waals surface area contributed by atoms with E-state index in [1.807, 2.05) is 0 Å². The molecule has 1 aromatic carbocycles. The number of benzene rings is 1. The third-order valence-corrected chi connectivity index (χ3v) is 1.97. The summed E-state index contributed by atoms with van der Waals surface area (Å²) in [6.07, 6.45) is 1.79. The first kappa shape index (κ1) is 8.62. The first-order chi connectivity index (χ1) is 6.66. The van der Waals surface area contributed by atoms with Crippen molar-refractivity contribution in [2.24, 2.45) is 7.05 Å². The van der Waals surface area contributed by atoms with Crippen LogP contribution >= 0.6 is 0 Å². The fourth-order valence-electron chi connectivity index (χ4n) is 1.30. The number of hydrogen-bond acceptors (Lipinski definition) is 3. The van der Waals surface area contributed by atoms with Crippen LogP contribution in [0.5, 0.6) is 11.5 Å². The lowest BCUT2D eigenvalue weighted by Gasteiger charge is -2.01. The Labute approximate surface area is 81.0 Å². The molecular formula is C10H10N2O2. The highest BCUT2D eigenvalue weighted by Crippen LogP contribution is 2.30. The monoisotopic (exact) mass is 190 g/mol. The van der Waals surface area contributed by atoms with E-state index in [4.69, 9.17) is 5.11 Å². The number of aromatic hydroxyl groups is 2. The predicted octanol–water partition coefficient (Wildman–Crippen LogP) is 1.50. The summed E-state index contributed by atoms with van der Waals surface area (Å²) in [5.74, 6) is 0.0749. The van der Waals surface area contributed by atoms with E-state index >= 15 is 0 Å². The van der Waals surface area contributed by atoms with Gasteiger partial charge in [-0.3, -0.25) is 4.68 Å². The predicted molar refractivity (Wildman–Crippen MR) is 52.0 cm³/mol. The van der Waals surface area contributed by atoms with Gasteiger partial charge in [0.15, 0.2) is 0 Å². The number of phenolic OH excluding ortho intramolecular Hbond substituents is 2. The van der Waals surface area contributed by atoms with Crippen molar-refractivity contribution in [3.8, 4) is 22.8 Å². The summed E-state index contributed by atoms with van der Waals surface area (Å²) >= 11 is 0. The third-order valence-electron chi connectivity index (χ3n) is 1.97. The van der Waals surface area contributed by atoms with Gasteiger partial charge in [0.25, 0.3) is 0 Å². The molecule has 0 saturated carbocycles. The van der Waals surface area contributed by atoms with Crippen LogP contribution in [0.4, 0.5) is 0 Å². The van der Waals surface area contributed by atoms with Crippen LogP contribution in [0, 0.1) is 0 Å². The Kier molecular flexibility index (Phi) is 1.89. The lowest BCUT2D eigenvalue weighted by atomic mass is 10.1. The molecule has 72 valence electrons. The largest absolute Gasteiger partial charge is 0.508 e. The molecule has 2 N–H and O–H groups in total. The van der Waals surface area contributed by atoms with Crippen molar-refractivity contribution in [3.05, 3.63) is 30.5 Å². The molecule has 0 unspecified atom stereocenters. The number of hydrogen-bond donors (Lipinski definition) is 2. The average molecular weight is 190 g/mol. The molecular weight excluding hydrogens is 180 g/mol. The molecule has 0 aliphatic rings. The van der Waals surface area contributed by atoms with Crippen molar-refractivity contribution in [2.45, 2.75) is 0 Å². The van der Waals surface area contributed by atoms with Gasteiger partial charge in [0.05, 0.1) is 5.69 Å². The van der Waals surface area contributed by atoms with Crippen molar-refractivity contribution in [1.82, 2.24) is 9.78 Å². The highest BCUT2D eigenvalue weighted by molar-refractivity contribution is 5.67. The summed E-state index contributed by atoms with van der Waals surface area (Å²) in [5, 5.41) is 22.8. The summed E-state index contributed by atoms with van der Waals surface area (Å²) in [4.78, 5) is 0. The highest BCUT2D eigenvalue weighted by Gasteiger charge is 2.06. The minimum atomic E-state index is 0.0312. The van der Waals surface area contributed by atoms with E-state index in [0.29, 0.717) is 11.3 Å². The van der Waals surface area contributed by atoms with Crippen LogP contribution in [-0.4, -0.2) is 20.0 Å². The van der Waals surface area contributed by atoms with Gasteiger partial charge in [-0.2, -0.15) is 5.10 Å². The van der Waals surface area contributed by atoms with E-state index < -0.39 is 0 Å². The molecule has 0 amide bonds. The number of phenols is 2. The maximum atomic E-state index is 9.54. The van der Waals surface area contributed by atoms with E-state index in [0.717, 1.165) is 0 Å². The van der Waals surface area contributed by atoms with Gasteiger partial charge in [-0.1, -0.05) is 0 Å². The molecule has 0 fully saturated rings. The Bertz CT molecular complexity index is 463. The molecule has 0 bridgehead atoms. The van der Waals surface area contributed by atoms with Crippen LogP contribution in [0.3, 0.4) is 0 Å². The standard InChI is InChI=1S/C10H10N2O2/c1-12-5-4-9(11-12)8-3-2-7(13)6-10(8)14/h2-6,13-14H,1H3. The summed E-state index contributed by atoms with van der Waals surface area (Å²) in [5.41, 5.74) is 1.30. The van der Waals surface area contributed by atoms with Crippen molar-refractivity contribution in [1.29, 1.82) is 0 Å². The van der Waals surface area contributed by atoms with Gasteiger partial charge in [0, 0.05) is 24.9 Å². The molecule has 0 saturated heterocycles. The molecule has 4 heteroatoms. The lowest BCUT2D eigenvalue weighted by molar-refractivity contribution is 0.451. The van der Waals surface area contributed by atoms with Gasteiger partial charge < -0.3 is 10.2 Å². The lowest BCUT2D eigenvalue weighted by Crippen LogP contribution is -1.87. The first-order valence-corrected chi connectivity index (χ1v) is 4.19. The van der Waals surface area contributed by atoms with E-state index in [2.05, 4.69) is 5.10 Å². The highest BCUT2D eigenvalue weighted by atomic mass is 16.3. The van der Waals surface area contributed by atoms with Crippen LogP contribution in [-0.2, 0) is 7.05 Å². The Hall–Kier alpha value is -1.97. The molecule has 0 aliphatic heterocycles. The smallest absolute Gasteiger partial charge is 0.128 e. The van der Waals surface area contributed by atoms with Gasteiger partial charge in [-0.25, -0.2) is 0 Å². The maximum absolute atomic E-state index is 9.54. The van der Waals surface area contributed by atoms with E-state index in [-0.39, 0.29) is 11.5 Å². The Morgan fingerprint density at radius 2 is 2.00 bits per heavy atom. The van der Waals surface area contributed by atoms with Crippen LogP contribution in [0.15, 0.2) is 30.5 Å². The van der Waals surface area contributed by atoms with Crippen LogP contribution in [0.2, 0.25) is 0 Å². The fourth-order valence-corrected chi connectivity index (χ4v) is 1.30. The van der Waals surface area contributed by atoms with Crippen LogP contribution in [0.25, 0.3) is 11.3 Å². The average Bonchev–Trinajstić information content (AvgIpc) is 2.51. The zero-order chi connectivity index (χ0) is 10.1. The summed E-state index contributed by atoms with van der Waals surface area (Å²) < 4.78 is 1.65. The first-order valence-electron chi connectivity index (χ1n) is 4.19. The van der Waals surface area contributed by atoms with Gasteiger partial charge in [0.1, 0.15) is 11.5 Å². The molecule has 0 radical (unpaired) electrons. The second kappa shape index (κ2) is 3.06. The third kappa shape index (κ3) is 1.42. The van der Waals surface area contributed by atoms with Gasteiger partial charge in [-0.15, -0.1) is 0 Å². The molecule has 0 atom stereocenters. The number of aromatic nitrogens is 2. The molecule has 1 aromatic heterocycles. The van der Waals surface area contributed by atoms with Gasteiger partial charge in [-0.05, 0) is 18.2 Å². The minimum absolute atomic E-state index is 0.0312. The van der Waals surface area contributed by atoms with Crippen LogP contribution < -0.4 is 0 Å². The number of aryl methyl sites for hydroxylation is 1. The molecule has 4 nitrogen and oxygen atoms in total. The van der Waals surface area contributed by atoms with Crippen molar-refractivity contribution < 1.29 is 10.2 Å². The topological polar surface area (TPSA) is 58.3 Å². The van der Waals surface area contributed by atoms with E-state index in [9.17, 15) is 5.11 Å². The Balaban J connectivity index is 2.52. The number of rotatable bonds is 1. The molecule has 2 rings (SSSR count). The van der Waals surface area contributed by atoms with Gasteiger partial charge >= 0.3 is 0 Å². The van der Waals surface area contributed by atoms with Gasteiger partial charge in [0.2, 0.25) is 0 Å². The van der Waals surface area contributed by atoms with Crippen molar-refractivity contribution >= 4 is 0 Å². The molecule has 1 heterocycles.